The molecule has 5 nitrogen and oxygen atoms in total. The molecule has 4 rings (SSSR count). The topological polar surface area (TPSA) is 58.4 Å². The highest BCUT2D eigenvalue weighted by molar-refractivity contribution is 6.30. The van der Waals surface area contributed by atoms with Crippen LogP contribution in [-0.2, 0) is 19.5 Å². The van der Waals surface area contributed by atoms with E-state index in [1.54, 1.807) is 23.0 Å². The lowest BCUT2D eigenvalue weighted by atomic mass is 10.00. The van der Waals surface area contributed by atoms with Crippen LogP contribution in [0.25, 0.3) is 10.8 Å². The van der Waals surface area contributed by atoms with Gasteiger partial charge in [0.1, 0.15) is 5.15 Å². The zero-order valence-electron chi connectivity index (χ0n) is 15.2. The third-order valence-corrected chi connectivity index (χ3v) is 5.43. The Morgan fingerprint density at radius 1 is 1.22 bits per heavy atom. The average Bonchev–Trinajstić information content (AvgIpc) is 2.65. The second-order valence-corrected chi connectivity index (χ2v) is 7.62. The maximum atomic E-state index is 12.8. The molecule has 1 aliphatic rings. The second kappa shape index (κ2) is 7.43. The molecule has 0 saturated carbocycles. The summed E-state index contributed by atoms with van der Waals surface area (Å²) in [6, 6.07) is 10.0. The Morgan fingerprint density at radius 2 is 2.00 bits per heavy atom. The van der Waals surface area contributed by atoms with Crippen LogP contribution in [-0.4, -0.2) is 38.8 Å². The highest BCUT2D eigenvalue weighted by Gasteiger charge is 2.19. The molecular weight excluding hydrogens is 362 g/mol. The lowest BCUT2D eigenvalue weighted by Gasteiger charge is -2.30. The first-order valence-corrected chi connectivity index (χ1v) is 9.51. The van der Waals surface area contributed by atoms with E-state index in [4.69, 9.17) is 11.6 Å². The van der Waals surface area contributed by atoms with Gasteiger partial charge in [0.15, 0.2) is 0 Å². The highest BCUT2D eigenvalue weighted by Crippen LogP contribution is 2.19. The molecule has 0 bridgehead atoms. The Hall–Kier alpha value is -2.21. The van der Waals surface area contributed by atoms with Crippen molar-refractivity contribution < 1.29 is 5.11 Å². The highest BCUT2D eigenvalue weighted by atomic mass is 35.5. The molecule has 0 radical (unpaired) electrons. The number of aromatic nitrogens is 2. The largest absolute Gasteiger partial charge is 0.390 e. The molecule has 1 aliphatic heterocycles. The maximum absolute atomic E-state index is 12.8. The Balaban J connectivity index is 1.51. The molecule has 0 fully saturated rings. The number of pyridine rings is 2. The summed E-state index contributed by atoms with van der Waals surface area (Å²) in [5.74, 6) is 0. The van der Waals surface area contributed by atoms with Crippen molar-refractivity contribution in [1.82, 2.24) is 14.5 Å². The fourth-order valence-corrected chi connectivity index (χ4v) is 4.02. The summed E-state index contributed by atoms with van der Waals surface area (Å²) in [7, 11) is 0. The van der Waals surface area contributed by atoms with Crippen LogP contribution in [0, 0.1) is 6.92 Å². The normalized spacial score (nSPS) is 15.7. The van der Waals surface area contributed by atoms with Gasteiger partial charge in [-0.2, -0.15) is 0 Å². The first-order chi connectivity index (χ1) is 13.0. The van der Waals surface area contributed by atoms with Gasteiger partial charge in [0.05, 0.1) is 18.0 Å². The van der Waals surface area contributed by atoms with Crippen molar-refractivity contribution in [3.8, 4) is 0 Å². The summed E-state index contributed by atoms with van der Waals surface area (Å²) >= 11 is 5.96. The monoisotopic (exact) mass is 383 g/mol. The number of aliphatic hydroxyl groups is 1. The smallest absolute Gasteiger partial charge is 0.258 e. The van der Waals surface area contributed by atoms with E-state index in [-0.39, 0.29) is 12.1 Å². The van der Waals surface area contributed by atoms with Crippen LogP contribution in [0.15, 0.2) is 47.5 Å². The van der Waals surface area contributed by atoms with Gasteiger partial charge < -0.3 is 9.67 Å². The summed E-state index contributed by atoms with van der Waals surface area (Å²) in [4.78, 5) is 19.1. The lowest BCUT2D eigenvalue weighted by molar-refractivity contribution is 0.0911. The molecule has 2 aromatic heterocycles. The third-order valence-electron chi connectivity index (χ3n) is 5.22. The fourth-order valence-electron chi connectivity index (χ4n) is 3.87. The van der Waals surface area contributed by atoms with Gasteiger partial charge in [-0.3, -0.25) is 9.69 Å². The Bertz CT molecular complexity index is 1050. The molecule has 27 heavy (non-hydrogen) atoms. The number of rotatable bonds is 4. The van der Waals surface area contributed by atoms with Gasteiger partial charge in [-0.1, -0.05) is 35.9 Å². The minimum Gasteiger partial charge on any atom is -0.390 e. The Kier molecular flexibility index (Phi) is 5.00. The van der Waals surface area contributed by atoms with E-state index >= 15 is 0 Å². The Labute approximate surface area is 162 Å². The maximum Gasteiger partial charge on any atom is 0.258 e. The Morgan fingerprint density at radius 3 is 2.81 bits per heavy atom. The van der Waals surface area contributed by atoms with Crippen LogP contribution in [0.3, 0.4) is 0 Å². The first kappa shape index (κ1) is 18.2. The van der Waals surface area contributed by atoms with E-state index < -0.39 is 6.10 Å². The minimum atomic E-state index is -0.623. The van der Waals surface area contributed by atoms with Crippen molar-refractivity contribution in [2.75, 3.05) is 13.1 Å². The molecule has 0 unspecified atom stereocenters. The van der Waals surface area contributed by atoms with Crippen LogP contribution in [0.2, 0.25) is 5.15 Å². The summed E-state index contributed by atoms with van der Waals surface area (Å²) in [6.07, 6.45) is 3.78. The summed E-state index contributed by atoms with van der Waals surface area (Å²) in [6.45, 7) is 4.48. The lowest BCUT2D eigenvalue weighted by Crippen LogP contribution is -2.39. The molecule has 0 amide bonds. The van der Waals surface area contributed by atoms with Crippen molar-refractivity contribution in [3.63, 3.8) is 0 Å². The van der Waals surface area contributed by atoms with Crippen LogP contribution in [0.5, 0.6) is 0 Å². The third kappa shape index (κ3) is 3.76. The number of hydrogen-bond acceptors (Lipinski definition) is 4. The van der Waals surface area contributed by atoms with Gasteiger partial charge in [0.2, 0.25) is 0 Å². The first-order valence-electron chi connectivity index (χ1n) is 9.14. The molecule has 1 aromatic carbocycles. The standard InChI is InChI=1S/C21H22ClN3O2/c1-14-10-25(21(27)18-8-20(22)23-9-19(14)18)13-17(26)12-24-7-6-15-4-2-3-5-16(15)11-24/h2-5,8-10,17,26H,6-7,11-13H2,1H3/t17-/m1/s1. The molecular formula is C21H22ClN3O2. The molecule has 140 valence electrons. The van der Waals surface area contributed by atoms with Crippen LogP contribution in [0.1, 0.15) is 16.7 Å². The molecule has 0 saturated heterocycles. The SMILES string of the molecule is Cc1cn(C[C@H](O)CN2CCc3ccccc3C2)c(=O)c2cc(Cl)ncc12. The zero-order chi connectivity index (χ0) is 19.0. The molecule has 1 N–H and O–H groups in total. The van der Waals surface area contributed by atoms with Gasteiger partial charge in [0.25, 0.3) is 5.56 Å². The minimum absolute atomic E-state index is 0.150. The van der Waals surface area contributed by atoms with Crippen molar-refractivity contribution >= 4 is 22.4 Å². The number of benzene rings is 1. The average molecular weight is 384 g/mol. The van der Waals surface area contributed by atoms with Crippen molar-refractivity contribution in [2.24, 2.45) is 0 Å². The van der Waals surface area contributed by atoms with Crippen LogP contribution < -0.4 is 5.56 Å². The predicted octanol–water partition coefficient (Wildman–Crippen LogP) is 2.78. The van der Waals surface area contributed by atoms with Gasteiger partial charge in [0, 0.05) is 37.4 Å². The van der Waals surface area contributed by atoms with Crippen LogP contribution in [0.4, 0.5) is 0 Å². The zero-order valence-corrected chi connectivity index (χ0v) is 16.0. The molecule has 3 aromatic rings. The molecule has 0 aliphatic carbocycles. The van der Waals surface area contributed by atoms with E-state index in [1.807, 2.05) is 6.92 Å². The van der Waals surface area contributed by atoms with E-state index in [2.05, 4.69) is 34.1 Å². The number of halogens is 1. The van der Waals surface area contributed by atoms with E-state index in [0.29, 0.717) is 17.1 Å². The second-order valence-electron chi connectivity index (χ2n) is 7.23. The van der Waals surface area contributed by atoms with Crippen molar-refractivity contribution in [3.05, 3.63) is 74.9 Å². The molecule has 6 heteroatoms. The number of fused-ring (bicyclic) bond motifs is 2. The number of aliphatic hydroxyl groups excluding tert-OH is 1. The van der Waals surface area contributed by atoms with Crippen molar-refractivity contribution in [1.29, 1.82) is 0 Å². The van der Waals surface area contributed by atoms with Gasteiger partial charge >= 0.3 is 0 Å². The summed E-state index contributed by atoms with van der Waals surface area (Å²) in [5.41, 5.74) is 3.49. The van der Waals surface area contributed by atoms with E-state index in [1.165, 1.54) is 11.1 Å². The number of aryl methyl sites for hydroxylation is 1. The summed E-state index contributed by atoms with van der Waals surface area (Å²) in [5, 5.41) is 12.2. The molecule has 3 heterocycles. The number of hydrogen-bond donors (Lipinski definition) is 1. The van der Waals surface area contributed by atoms with E-state index in [0.717, 1.165) is 30.5 Å². The fraction of sp³-hybridized carbons (Fsp3) is 0.333. The van der Waals surface area contributed by atoms with Gasteiger partial charge in [-0.05, 0) is 36.1 Å². The number of nitrogens with zero attached hydrogens (tertiary/aromatic N) is 3. The van der Waals surface area contributed by atoms with Gasteiger partial charge in [-0.25, -0.2) is 4.98 Å². The summed E-state index contributed by atoms with van der Waals surface area (Å²) < 4.78 is 1.58. The predicted molar refractivity (Wildman–Crippen MR) is 107 cm³/mol. The van der Waals surface area contributed by atoms with Gasteiger partial charge in [-0.15, -0.1) is 0 Å². The van der Waals surface area contributed by atoms with Crippen molar-refractivity contribution in [2.45, 2.75) is 32.5 Å². The molecule has 0 spiro atoms. The molecule has 1 atom stereocenters. The van der Waals surface area contributed by atoms with Crippen LogP contribution >= 0.6 is 11.6 Å². The number of β-amino-alcohol motifs (C(OH)–C–C–N with tert-alkyl or cyclic N) is 1. The van der Waals surface area contributed by atoms with E-state index in [9.17, 15) is 9.90 Å². The quantitative estimate of drug-likeness (QED) is 0.704.